The Bertz CT molecular complexity index is 428. The molecule has 3 heteroatoms. The Balaban J connectivity index is 3.03. The highest BCUT2D eigenvalue weighted by Crippen LogP contribution is 2.05. The van der Waals surface area contributed by atoms with Gasteiger partial charge in [-0.15, -0.1) is 0 Å². The molecule has 11 heavy (non-hydrogen) atoms. The molecule has 0 aliphatic heterocycles. The topological polar surface area (TPSA) is 30.2 Å². The maximum Gasteiger partial charge on any atom is 0.330 e. The zero-order valence-corrected chi connectivity index (χ0v) is 6.94. The lowest BCUT2D eigenvalue weighted by atomic mass is 10.2. The maximum atomic E-state index is 11.1. The van der Waals surface area contributed by atoms with Crippen molar-refractivity contribution in [3.05, 3.63) is 40.4 Å². The minimum Gasteiger partial charge on any atom is -0.491 e. The van der Waals surface area contributed by atoms with Crippen molar-refractivity contribution in [1.29, 1.82) is 0 Å². The van der Waals surface area contributed by atoms with Crippen LogP contribution in [0, 0.1) is 0 Å². The number of rotatable bonds is 0. The molecule has 0 fully saturated rings. The van der Waals surface area contributed by atoms with Crippen LogP contribution < -0.4 is 5.63 Å². The van der Waals surface area contributed by atoms with Gasteiger partial charge >= 0.3 is 5.63 Å². The lowest BCUT2D eigenvalue weighted by Gasteiger charge is -1.91. The molecule has 2 aromatic rings. The van der Waals surface area contributed by atoms with Gasteiger partial charge in [0.1, 0.15) is 0 Å². The van der Waals surface area contributed by atoms with E-state index in [1.165, 1.54) is 0 Å². The van der Waals surface area contributed by atoms with Crippen molar-refractivity contribution in [2.45, 2.75) is 0 Å². The Morgan fingerprint density at radius 1 is 1.27 bits per heavy atom. The molecule has 0 amide bonds. The SMILES string of the molecule is O=c1o[siH]cc2ccccc12. The first-order valence-corrected chi connectivity index (χ1v) is 4.48. The standard InChI is InChI=1S/C8H6O2Si/c9-8-7-4-2-1-3-6(7)5-11-10-8/h1-5,11H. The van der Waals surface area contributed by atoms with E-state index < -0.39 is 0 Å². The number of fused-ring (bicyclic) bond motifs is 1. The molecule has 0 saturated carbocycles. The Kier molecular flexibility index (Phi) is 1.43. The molecule has 0 spiro atoms. The highest BCUT2D eigenvalue weighted by molar-refractivity contribution is 6.20. The molecule has 2 rings (SSSR count). The Labute approximate surface area is 65.3 Å². The first-order chi connectivity index (χ1) is 5.38. The average Bonchev–Trinajstić information content (AvgIpc) is 2.06. The molecule has 0 unspecified atom stereocenters. The third-order valence-electron chi connectivity index (χ3n) is 1.60. The second-order valence-corrected chi connectivity index (χ2v) is 3.14. The van der Waals surface area contributed by atoms with Crippen molar-refractivity contribution < 1.29 is 4.10 Å². The van der Waals surface area contributed by atoms with Crippen LogP contribution in [0.25, 0.3) is 10.8 Å². The molecule has 0 aliphatic rings. The second kappa shape index (κ2) is 2.43. The fourth-order valence-corrected chi connectivity index (χ4v) is 1.82. The van der Waals surface area contributed by atoms with Gasteiger partial charge in [0.15, 0.2) is 0 Å². The van der Waals surface area contributed by atoms with E-state index in [4.69, 9.17) is 4.10 Å². The zero-order chi connectivity index (χ0) is 7.68. The first kappa shape index (κ1) is 6.48. The molecular formula is C8H6O2Si. The van der Waals surface area contributed by atoms with Crippen LogP contribution in [0.3, 0.4) is 0 Å². The van der Waals surface area contributed by atoms with Gasteiger partial charge in [0, 0.05) is 0 Å². The summed E-state index contributed by atoms with van der Waals surface area (Å²) < 4.78 is 4.89. The van der Waals surface area contributed by atoms with E-state index in [1.54, 1.807) is 6.07 Å². The van der Waals surface area contributed by atoms with E-state index in [9.17, 15) is 4.79 Å². The monoisotopic (exact) mass is 162 g/mol. The zero-order valence-electron chi connectivity index (χ0n) is 5.78. The summed E-state index contributed by atoms with van der Waals surface area (Å²) in [7, 11) is -0.274. The minimum absolute atomic E-state index is 0.182. The first-order valence-electron chi connectivity index (χ1n) is 3.34. The smallest absolute Gasteiger partial charge is 0.330 e. The van der Waals surface area contributed by atoms with Crippen LogP contribution in [0.2, 0.25) is 0 Å². The summed E-state index contributed by atoms with van der Waals surface area (Å²) in [4.78, 5) is 11.1. The lowest BCUT2D eigenvalue weighted by molar-refractivity contribution is 0.625. The van der Waals surface area contributed by atoms with Crippen molar-refractivity contribution in [3.8, 4) is 0 Å². The van der Waals surface area contributed by atoms with Crippen LogP contribution in [0.4, 0.5) is 0 Å². The molecule has 0 saturated heterocycles. The van der Waals surface area contributed by atoms with Crippen LogP contribution >= 0.6 is 0 Å². The van der Waals surface area contributed by atoms with E-state index in [0.717, 1.165) is 5.39 Å². The van der Waals surface area contributed by atoms with Gasteiger partial charge in [-0.3, -0.25) is 0 Å². The molecule has 0 aliphatic carbocycles. The summed E-state index contributed by atoms with van der Waals surface area (Å²) in [6.45, 7) is 0. The van der Waals surface area contributed by atoms with Crippen molar-refractivity contribution >= 4 is 20.1 Å². The van der Waals surface area contributed by atoms with Crippen LogP contribution in [-0.2, 0) is 0 Å². The molecule has 0 atom stereocenters. The Hall–Kier alpha value is -1.22. The van der Waals surface area contributed by atoms with E-state index in [0.29, 0.717) is 5.39 Å². The second-order valence-electron chi connectivity index (χ2n) is 2.30. The van der Waals surface area contributed by atoms with Crippen molar-refractivity contribution in [2.75, 3.05) is 0 Å². The van der Waals surface area contributed by atoms with Gasteiger partial charge in [-0.05, 0) is 17.1 Å². The molecule has 54 valence electrons. The van der Waals surface area contributed by atoms with Gasteiger partial charge in [-0.2, -0.15) is 0 Å². The third kappa shape index (κ3) is 1.03. The molecule has 1 aromatic carbocycles. The van der Waals surface area contributed by atoms with Gasteiger partial charge < -0.3 is 4.10 Å². The molecule has 1 heterocycles. The summed E-state index contributed by atoms with van der Waals surface area (Å²) in [6, 6.07) is 7.48. The average molecular weight is 162 g/mol. The molecule has 2 nitrogen and oxygen atoms in total. The van der Waals surface area contributed by atoms with Crippen LogP contribution in [0.5, 0.6) is 0 Å². The fourth-order valence-electron chi connectivity index (χ4n) is 1.06. The largest absolute Gasteiger partial charge is 0.491 e. The fraction of sp³-hybridized carbons (Fsp3) is 0. The summed E-state index contributed by atoms with van der Waals surface area (Å²) in [5.74, 6) is 0. The van der Waals surface area contributed by atoms with E-state index in [-0.39, 0.29) is 15.0 Å². The normalized spacial score (nSPS) is 10.2. The van der Waals surface area contributed by atoms with Gasteiger partial charge in [0.25, 0.3) is 0 Å². The van der Waals surface area contributed by atoms with Gasteiger partial charge in [0.05, 0.1) is 5.39 Å². The van der Waals surface area contributed by atoms with Crippen LogP contribution in [0.1, 0.15) is 0 Å². The third-order valence-corrected chi connectivity index (χ3v) is 2.45. The van der Waals surface area contributed by atoms with Crippen LogP contribution in [0.15, 0.2) is 38.8 Å². The summed E-state index contributed by atoms with van der Waals surface area (Å²) >= 11 is 0. The highest BCUT2D eigenvalue weighted by Gasteiger charge is 1.94. The molecule has 1 aromatic heterocycles. The molecule has 0 N–H and O–H groups in total. The predicted octanol–water partition coefficient (Wildman–Crippen LogP) is 0.863. The number of hydrogen-bond acceptors (Lipinski definition) is 2. The highest BCUT2D eigenvalue weighted by atomic mass is 28.2. The molecular weight excluding hydrogens is 156 g/mol. The number of benzene rings is 1. The summed E-state index contributed by atoms with van der Waals surface area (Å²) in [6.07, 6.45) is 0. The quantitative estimate of drug-likeness (QED) is 0.538. The van der Waals surface area contributed by atoms with Crippen LogP contribution in [-0.4, -0.2) is 9.38 Å². The van der Waals surface area contributed by atoms with E-state index >= 15 is 0 Å². The Morgan fingerprint density at radius 3 is 2.91 bits per heavy atom. The van der Waals surface area contributed by atoms with Gasteiger partial charge in [-0.25, -0.2) is 4.79 Å². The minimum atomic E-state index is -0.274. The summed E-state index contributed by atoms with van der Waals surface area (Å²) in [5.41, 5.74) is 1.80. The maximum absolute atomic E-state index is 11.1. The van der Waals surface area contributed by atoms with Crippen molar-refractivity contribution in [2.24, 2.45) is 0 Å². The summed E-state index contributed by atoms with van der Waals surface area (Å²) in [5, 5.41) is 1.70. The van der Waals surface area contributed by atoms with E-state index in [1.807, 2.05) is 23.9 Å². The Morgan fingerprint density at radius 2 is 2.09 bits per heavy atom. The van der Waals surface area contributed by atoms with Crippen molar-refractivity contribution in [3.63, 3.8) is 0 Å². The number of hydrogen-bond donors (Lipinski definition) is 0. The predicted molar refractivity (Wildman–Crippen MR) is 45.2 cm³/mol. The van der Waals surface area contributed by atoms with E-state index in [2.05, 4.69) is 0 Å². The molecule has 0 radical (unpaired) electrons. The van der Waals surface area contributed by atoms with Crippen molar-refractivity contribution in [1.82, 2.24) is 0 Å². The molecule has 0 bridgehead atoms. The lowest BCUT2D eigenvalue weighted by Crippen LogP contribution is -1.99. The van der Waals surface area contributed by atoms with Gasteiger partial charge in [0.2, 0.25) is 9.38 Å². The van der Waals surface area contributed by atoms with Gasteiger partial charge in [-0.1, -0.05) is 18.2 Å².